The first-order chi connectivity index (χ1) is 13.4. The first-order valence-corrected chi connectivity index (χ1v) is 9.64. The second kappa shape index (κ2) is 8.46. The number of aromatic nitrogens is 5. The lowest BCUT2D eigenvalue weighted by Crippen LogP contribution is -2.27. The summed E-state index contributed by atoms with van der Waals surface area (Å²) in [5.74, 6) is 1.37. The Morgan fingerprint density at radius 1 is 1.31 bits per heavy atom. The predicted octanol–water partition coefficient (Wildman–Crippen LogP) is 2.92. The predicted molar refractivity (Wildman–Crippen MR) is 112 cm³/mol. The second-order valence-electron chi connectivity index (χ2n) is 7.61. The SMILES string of the molecule is Cc1cc(C(=O)Nc2nc(C3CCNCC3)nn2C)c2c(C(C)C)noc2n1.Cl. The molecule has 0 spiro atoms. The Balaban J connectivity index is 0.00000240. The van der Waals surface area contributed by atoms with Crippen molar-refractivity contribution in [1.29, 1.82) is 0 Å². The number of pyridine rings is 1. The Morgan fingerprint density at radius 3 is 2.72 bits per heavy atom. The number of nitrogens with one attached hydrogen (secondary N) is 2. The second-order valence-corrected chi connectivity index (χ2v) is 7.61. The van der Waals surface area contributed by atoms with Gasteiger partial charge in [0.2, 0.25) is 5.95 Å². The molecule has 3 aromatic rings. The Bertz CT molecular complexity index is 1020. The fourth-order valence-corrected chi connectivity index (χ4v) is 3.60. The molecule has 1 saturated heterocycles. The van der Waals surface area contributed by atoms with Gasteiger partial charge in [0.05, 0.1) is 16.6 Å². The lowest BCUT2D eigenvalue weighted by molar-refractivity contribution is 0.102. The molecule has 1 fully saturated rings. The van der Waals surface area contributed by atoms with Gasteiger partial charge in [-0.05, 0) is 44.8 Å². The van der Waals surface area contributed by atoms with Gasteiger partial charge in [0.15, 0.2) is 5.82 Å². The summed E-state index contributed by atoms with van der Waals surface area (Å²) >= 11 is 0. The summed E-state index contributed by atoms with van der Waals surface area (Å²) in [7, 11) is 1.79. The molecule has 0 atom stereocenters. The fourth-order valence-electron chi connectivity index (χ4n) is 3.60. The monoisotopic (exact) mass is 419 g/mol. The third-order valence-electron chi connectivity index (χ3n) is 5.10. The van der Waals surface area contributed by atoms with Crippen molar-refractivity contribution in [2.24, 2.45) is 7.05 Å². The van der Waals surface area contributed by atoms with Crippen molar-refractivity contribution < 1.29 is 9.32 Å². The van der Waals surface area contributed by atoms with Crippen LogP contribution in [0.2, 0.25) is 0 Å². The highest BCUT2D eigenvalue weighted by atomic mass is 35.5. The summed E-state index contributed by atoms with van der Waals surface area (Å²) in [6.07, 6.45) is 2.00. The maximum Gasteiger partial charge on any atom is 0.259 e. The van der Waals surface area contributed by atoms with Gasteiger partial charge in [-0.15, -0.1) is 12.4 Å². The zero-order valence-electron chi connectivity index (χ0n) is 17.0. The van der Waals surface area contributed by atoms with E-state index in [1.54, 1.807) is 17.8 Å². The highest BCUT2D eigenvalue weighted by Crippen LogP contribution is 2.28. The van der Waals surface area contributed by atoms with Gasteiger partial charge in [-0.1, -0.05) is 19.0 Å². The van der Waals surface area contributed by atoms with Crippen molar-refractivity contribution in [3.05, 3.63) is 28.8 Å². The number of hydrogen-bond donors (Lipinski definition) is 2. The number of nitrogens with zero attached hydrogens (tertiary/aromatic N) is 5. The van der Waals surface area contributed by atoms with E-state index in [-0.39, 0.29) is 24.2 Å². The zero-order chi connectivity index (χ0) is 19.8. The van der Waals surface area contributed by atoms with E-state index >= 15 is 0 Å². The van der Waals surface area contributed by atoms with Crippen LogP contribution < -0.4 is 10.6 Å². The van der Waals surface area contributed by atoms with Gasteiger partial charge in [-0.3, -0.25) is 10.1 Å². The number of anilines is 1. The van der Waals surface area contributed by atoms with E-state index in [9.17, 15) is 4.79 Å². The van der Waals surface area contributed by atoms with Gasteiger partial charge >= 0.3 is 0 Å². The highest BCUT2D eigenvalue weighted by Gasteiger charge is 2.24. The molecule has 3 aromatic heterocycles. The number of rotatable bonds is 4. The number of aryl methyl sites for hydroxylation is 2. The molecule has 0 radical (unpaired) electrons. The molecular weight excluding hydrogens is 394 g/mol. The fraction of sp³-hybridized carbons (Fsp3) is 0.526. The smallest absolute Gasteiger partial charge is 0.259 e. The first kappa shape index (κ1) is 21.2. The molecule has 0 unspecified atom stereocenters. The summed E-state index contributed by atoms with van der Waals surface area (Å²) in [4.78, 5) is 22.0. The first-order valence-electron chi connectivity index (χ1n) is 9.64. The summed E-state index contributed by atoms with van der Waals surface area (Å²) in [6, 6.07) is 1.75. The van der Waals surface area contributed by atoms with Gasteiger partial charge in [0.25, 0.3) is 11.6 Å². The van der Waals surface area contributed by atoms with Crippen LogP contribution in [-0.4, -0.2) is 43.9 Å². The molecule has 0 saturated carbocycles. The van der Waals surface area contributed by atoms with Crippen LogP contribution in [0.3, 0.4) is 0 Å². The van der Waals surface area contributed by atoms with E-state index < -0.39 is 0 Å². The van der Waals surface area contributed by atoms with Crippen LogP contribution in [0.1, 0.15) is 66.1 Å². The zero-order valence-corrected chi connectivity index (χ0v) is 17.8. The van der Waals surface area contributed by atoms with Crippen LogP contribution in [0.5, 0.6) is 0 Å². The summed E-state index contributed by atoms with van der Waals surface area (Å²) in [5, 5.41) is 15.5. The third kappa shape index (κ3) is 4.11. The van der Waals surface area contributed by atoms with Crippen LogP contribution in [0.25, 0.3) is 11.1 Å². The maximum atomic E-state index is 13.1. The topological polar surface area (TPSA) is 111 Å². The van der Waals surface area contributed by atoms with Crippen molar-refractivity contribution >= 4 is 35.4 Å². The van der Waals surface area contributed by atoms with Crippen molar-refractivity contribution in [2.45, 2.75) is 45.4 Å². The number of hydrogen-bond acceptors (Lipinski definition) is 7. The van der Waals surface area contributed by atoms with Crippen LogP contribution in [0.4, 0.5) is 5.95 Å². The van der Waals surface area contributed by atoms with Crippen LogP contribution >= 0.6 is 12.4 Å². The van der Waals surface area contributed by atoms with Gasteiger partial charge in [-0.25, -0.2) is 9.67 Å². The largest absolute Gasteiger partial charge is 0.335 e. The number of piperidine rings is 1. The number of carbonyl (C=O) groups is 1. The molecule has 29 heavy (non-hydrogen) atoms. The van der Waals surface area contributed by atoms with Crippen molar-refractivity contribution in [1.82, 2.24) is 30.2 Å². The molecule has 1 amide bonds. The van der Waals surface area contributed by atoms with E-state index in [0.717, 1.165) is 37.4 Å². The maximum absolute atomic E-state index is 13.1. The minimum atomic E-state index is -0.270. The molecule has 4 rings (SSSR count). The van der Waals surface area contributed by atoms with Gasteiger partial charge in [-0.2, -0.15) is 10.1 Å². The molecule has 0 aliphatic carbocycles. The van der Waals surface area contributed by atoms with Crippen LogP contribution in [0.15, 0.2) is 10.6 Å². The van der Waals surface area contributed by atoms with Crippen LogP contribution in [-0.2, 0) is 7.05 Å². The molecule has 156 valence electrons. The molecule has 2 N–H and O–H groups in total. The number of halogens is 1. The molecular formula is C19H26ClN7O2. The van der Waals surface area contributed by atoms with Crippen LogP contribution in [0, 0.1) is 6.92 Å². The van der Waals surface area contributed by atoms with E-state index in [2.05, 4.69) is 30.9 Å². The quantitative estimate of drug-likeness (QED) is 0.668. The minimum Gasteiger partial charge on any atom is -0.335 e. The summed E-state index contributed by atoms with van der Waals surface area (Å²) in [6.45, 7) is 7.76. The lowest BCUT2D eigenvalue weighted by Gasteiger charge is -2.19. The standard InChI is InChI=1S/C19H25N7O2.ClH/c1-10(2)15-14-13(9-11(3)21-18(14)28-25-15)17(27)23-19-22-16(24-26(19)4)12-5-7-20-8-6-12;/h9-10,12,20H,5-8H2,1-4H3,(H,22,23,24,27);1H. The minimum absolute atomic E-state index is 0. The molecule has 4 heterocycles. The average Bonchev–Trinajstić information content (AvgIpc) is 3.25. The Kier molecular flexibility index (Phi) is 6.18. The van der Waals surface area contributed by atoms with Crippen molar-refractivity contribution in [2.75, 3.05) is 18.4 Å². The average molecular weight is 420 g/mol. The van der Waals surface area contributed by atoms with E-state index in [1.165, 1.54) is 0 Å². The Labute approximate surface area is 175 Å². The van der Waals surface area contributed by atoms with Gasteiger partial charge < -0.3 is 9.84 Å². The van der Waals surface area contributed by atoms with E-state index in [0.29, 0.717) is 34.2 Å². The molecule has 0 aromatic carbocycles. The number of carbonyl (C=O) groups excluding carboxylic acids is 1. The van der Waals surface area contributed by atoms with E-state index in [4.69, 9.17) is 4.52 Å². The third-order valence-corrected chi connectivity index (χ3v) is 5.10. The molecule has 9 nitrogen and oxygen atoms in total. The summed E-state index contributed by atoms with van der Waals surface area (Å²) in [5.41, 5.74) is 2.28. The Hall–Kier alpha value is -2.52. The number of amides is 1. The van der Waals surface area contributed by atoms with Crippen molar-refractivity contribution in [3.63, 3.8) is 0 Å². The summed E-state index contributed by atoms with van der Waals surface area (Å²) < 4.78 is 6.98. The van der Waals surface area contributed by atoms with Gasteiger partial charge in [0, 0.05) is 18.7 Å². The van der Waals surface area contributed by atoms with Gasteiger partial charge in [0.1, 0.15) is 0 Å². The molecule has 0 bridgehead atoms. The number of fused-ring (bicyclic) bond motifs is 1. The molecule has 10 heteroatoms. The van der Waals surface area contributed by atoms with E-state index in [1.807, 2.05) is 20.8 Å². The van der Waals surface area contributed by atoms with Crippen molar-refractivity contribution in [3.8, 4) is 0 Å². The Morgan fingerprint density at radius 2 is 2.03 bits per heavy atom. The highest BCUT2D eigenvalue weighted by molar-refractivity contribution is 6.11. The lowest BCUT2D eigenvalue weighted by atomic mass is 9.98. The normalized spacial score (nSPS) is 14.9. The molecule has 1 aliphatic rings. The molecule has 1 aliphatic heterocycles.